The lowest BCUT2D eigenvalue weighted by Crippen LogP contribution is -2.36. The second kappa shape index (κ2) is 13.0. The Balaban J connectivity index is 1.30. The number of ether oxygens (including phenoxy) is 1. The van der Waals surface area contributed by atoms with Gasteiger partial charge in [-0.3, -0.25) is 0 Å². The molecule has 7 nitrogen and oxygen atoms in total. The number of rotatable bonds is 7. The second-order valence-electron chi connectivity index (χ2n) is 9.10. The molecule has 0 spiro atoms. The average Bonchev–Trinajstić information content (AvgIpc) is 3.47. The number of anilines is 1. The summed E-state index contributed by atoms with van der Waals surface area (Å²) in [7, 11) is 0. The second-order valence-corrected chi connectivity index (χ2v) is 10.9. The molecule has 1 aromatic heterocycles. The predicted octanol–water partition coefficient (Wildman–Crippen LogP) is 8.12. The van der Waals surface area contributed by atoms with Crippen LogP contribution in [-0.2, 0) is 10.6 Å². The molecule has 1 aliphatic heterocycles. The number of thioether (sulfide) groups is 1. The van der Waals surface area contributed by atoms with Crippen LogP contribution in [0.4, 0.5) is 32.0 Å². The van der Waals surface area contributed by atoms with Gasteiger partial charge in [-0.2, -0.15) is 18.3 Å². The number of hydrogen-bond donors (Lipinski definition) is 0. The van der Waals surface area contributed by atoms with Crippen LogP contribution in [-0.4, -0.2) is 44.8 Å². The minimum Gasteiger partial charge on any atom is -0.406 e. The summed E-state index contributed by atoms with van der Waals surface area (Å²) in [5.74, 6) is 0.770. The molecule has 0 N–H and O–H groups in total. The van der Waals surface area contributed by atoms with Gasteiger partial charge in [0.25, 0.3) is 0 Å². The molecule has 0 atom stereocenters. The Labute approximate surface area is 259 Å². The van der Waals surface area contributed by atoms with Crippen LogP contribution in [0, 0.1) is 0 Å². The molecule has 0 amide bonds. The van der Waals surface area contributed by atoms with Crippen LogP contribution in [0.25, 0.3) is 17.1 Å². The molecular formula is C28H21F6IN6OS. The average molecular weight is 730 g/mol. The van der Waals surface area contributed by atoms with Gasteiger partial charge in [-0.05, 0) is 47.9 Å². The monoisotopic (exact) mass is 730 g/mol. The van der Waals surface area contributed by atoms with Crippen molar-refractivity contribution >= 4 is 51.4 Å². The van der Waals surface area contributed by atoms with Crippen LogP contribution >= 0.6 is 34.4 Å². The molecule has 43 heavy (non-hydrogen) atoms. The highest BCUT2D eigenvalue weighted by molar-refractivity contribution is 14.1. The molecule has 5 rings (SSSR count). The SMILES string of the molecule is FC(F)(F)Oc1ccc(-n2cnc(-c3ccc(/C=N/N=C4\SCCCN4c4c(CI)cccc4C(F)(F)F)cc3)n2)cc1. The van der Waals surface area contributed by atoms with Crippen molar-refractivity contribution < 1.29 is 31.1 Å². The number of hydrogen-bond acceptors (Lipinski definition) is 6. The normalized spacial score (nSPS) is 15.4. The Morgan fingerprint density at radius 3 is 2.40 bits per heavy atom. The van der Waals surface area contributed by atoms with Crippen molar-refractivity contribution in [2.75, 3.05) is 17.2 Å². The van der Waals surface area contributed by atoms with E-state index in [-0.39, 0.29) is 11.4 Å². The summed E-state index contributed by atoms with van der Waals surface area (Å²) in [5, 5.41) is 13.2. The van der Waals surface area contributed by atoms with Gasteiger partial charge in [0, 0.05) is 22.3 Å². The molecule has 3 aromatic carbocycles. The molecule has 0 bridgehead atoms. The summed E-state index contributed by atoms with van der Waals surface area (Å²) in [6, 6.07) is 16.5. The lowest BCUT2D eigenvalue weighted by atomic mass is 10.1. The van der Waals surface area contributed by atoms with E-state index in [1.54, 1.807) is 35.2 Å². The van der Waals surface area contributed by atoms with E-state index >= 15 is 0 Å². The molecule has 4 aromatic rings. The third-order valence-electron chi connectivity index (χ3n) is 6.17. The van der Waals surface area contributed by atoms with Gasteiger partial charge in [0.05, 0.1) is 23.2 Å². The highest BCUT2D eigenvalue weighted by atomic mass is 127. The van der Waals surface area contributed by atoms with Gasteiger partial charge < -0.3 is 9.64 Å². The van der Waals surface area contributed by atoms with Crippen LogP contribution in [0.2, 0.25) is 0 Å². The van der Waals surface area contributed by atoms with Crippen molar-refractivity contribution in [2.24, 2.45) is 10.2 Å². The Bertz CT molecular complexity index is 1620. The van der Waals surface area contributed by atoms with Gasteiger partial charge in [0.15, 0.2) is 11.0 Å². The Morgan fingerprint density at radius 2 is 1.72 bits per heavy atom. The molecule has 2 heterocycles. The van der Waals surface area contributed by atoms with Gasteiger partial charge in [-0.1, -0.05) is 70.8 Å². The van der Waals surface area contributed by atoms with Crippen LogP contribution in [0.1, 0.15) is 23.1 Å². The van der Waals surface area contributed by atoms with Crippen molar-refractivity contribution in [3.05, 3.63) is 89.7 Å². The number of amidine groups is 1. The van der Waals surface area contributed by atoms with Gasteiger partial charge in [0.1, 0.15) is 12.1 Å². The van der Waals surface area contributed by atoms with Gasteiger partial charge in [-0.15, -0.1) is 23.4 Å². The summed E-state index contributed by atoms with van der Waals surface area (Å²) >= 11 is 3.42. The highest BCUT2D eigenvalue weighted by Gasteiger charge is 2.37. The van der Waals surface area contributed by atoms with Crippen LogP contribution in [0.15, 0.2) is 83.3 Å². The molecule has 1 fully saturated rings. The minimum atomic E-state index is -4.78. The predicted molar refractivity (Wildman–Crippen MR) is 162 cm³/mol. The third kappa shape index (κ3) is 7.68. The summed E-state index contributed by atoms with van der Waals surface area (Å²) in [5.41, 5.74) is 1.88. The third-order valence-corrected chi connectivity index (χ3v) is 8.05. The van der Waals surface area contributed by atoms with E-state index in [9.17, 15) is 26.3 Å². The lowest BCUT2D eigenvalue weighted by molar-refractivity contribution is -0.274. The maximum atomic E-state index is 13.9. The summed E-state index contributed by atoms with van der Waals surface area (Å²) in [6.07, 6.45) is -5.62. The van der Waals surface area contributed by atoms with E-state index < -0.39 is 18.1 Å². The number of nitrogens with zero attached hydrogens (tertiary/aromatic N) is 6. The molecule has 15 heteroatoms. The summed E-state index contributed by atoms with van der Waals surface area (Å²) in [6.45, 7) is 0.401. The zero-order valence-corrected chi connectivity index (χ0v) is 25.0. The van der Waals surface area contributed by atoms with E-state index in [2.05, 4.69) is 47.6 Å². The lowest BCUT2D eigenvalue weighted by Gasteiger charge is -2.32. The topological polar surface area (TPSA) is 67.9 Å². The largest absolute Gasteiger partial charge is 0.573 e. The molecule has 1 saturated heterocycles. The molecule has 0 aliphatic carbocycles. The number of aromatic nitrogens is 3. The van der Waals surface area contributed by atoms with Crippen molar-refractivity contribution in [1.29, 1.82) is 0 Å². The van der Waals surface area contributed by atoms with Crippen molar-refractivity contribution in [1.82, 2.24) is 14.8 Å². The van der Waals surface area contributed by atoms with Crippen LogP contribution in [0.3, 0.4) is 0 Å². The van der Waals surface area contributed by atoms with Crippen LogP contribution < -0.4 is 9.64 Å². The van der Waals surface area contributed by atoms with E-state index in [0.717, 1.165) is 11.8 Å². The molecule has 0 unspecified atom stereocenters. The van der Waals surface area contributed by atoms with Gasteiger partial charge in [-0.25, -0.2) is 9.67 Å². The molecule has 1 aliphatic rings. The fourth-order valence-corrected chi connectivity index (χ4v) is 5.79. The first-order chi connectivity index (χ1) is 20.5. The van der Waals surface area contributed by atoms with E-state index in [0.29, 0.717) is 50.8 Å². The van der Waals surface area contributed by atoms with Gasteiger partial charge in [0.2, 0.25) is 0 Å². The molecule has 0 saturated carbocycles. The standard InChI is InChI=1S/C28H21F6IN6OS/c29-27(30,31)23-4-1-3-20(15-35)24(23)40-13-2-14-43-26(40)38-37-16-18-5-7-19(8-6-18)25-36-17-41(39-25)21-9-11-22(12-10-21)42-28(32,33)34/h1,3-12,16-17H,2,13-15H2/b37-16+,38-26-. The van der Waals surface area contributed by atoms with E-state index in [4.69, 9.17) is 0 Å². The van der Waals surface area contributed by atoms with Crippen molar-refractivity contribution in [2.45, 2.75) is 23.4 Å². The highest BCUT2D eigenvalue weighted by Crippen LogP contribution is 2.41. The Kier molecular flexibility index (Phi) is 9.29. The maximum Gasteiger partial charge on any atom is 0.573 e. The molecular weight excluding hydrogens is 709 g/mol. The summed E-state index contributed by atoms with van der Waals surface area (Å²) in [4.78, 5) is 5.87. The first-order valence-electron chi connectivity index (χ1n) is 12.7. The number of alkyl halides is 7. The number of para-hydroxylation sites is 1. The first kappa shape index (κ1) is 30.8. The minimum absolute atomic E-state index is 0.118. The number of benzene rings is 3. The van der Waals surface area contributed by atoms with E-state index in [1.807, 2.05) is 0 Å². The zero-order valence-electron chi connectivity index (χ0n) is 22.0. The molecule has 0 radical (unpaired) electrons. The zero-order chi connectivity index (χ0) is 30.6. The first-order valence-corrected chi connectivity index (χ1v) is 15.2. The Morgan fingerprint density at radius 1 is 0.977 bits per heavy atom. The quantitative estimate of drug-likeness (QED) is 0.0632. The van der Waals surface area contributed by atoms with Crippen molar-refractivity contribution in [3.63, 3.8) is 0 Å². The van der Waals surface area contributed by atoms with Crippen molar-refractivity contribution in [3.8, 4) is 22.8 Å². The fourth-order valence-electron chi connectivity index (χ4n) is 4.28. The van der Waals surface area contributed by atoms with E-state index in [1.165, 1.54) is 59.3 Å². The number of halogens is 7. The van der Waals surface area contributed by atoms with Gasteiger partial charge >= 0.3 is 12.5 Å². The summed E-state index contributed by atoms with van der Waals surface area (Å²) < 4.78 is 84.5. The van der Waals surface area contributed by atoms with Crippen LogP contribution in [0.5, 0.6) is 5.75 Å². The maximum absolute atomic E-state index is 13.9. The molecule has 224 valence electrons. The Hall–Kier alpha value is -3.60. The smallest absolute Gasteiger partial charge is 0.406 e. The fraction of sp³-hybridized carbons (Fsp3) is 0.214.